The van der Waals surface area contributed by atoms with Crippen molar-refractivity contribution in [2.45, 2.75) is 25.8 Å². The highest BCUT2D eigenvalue weighted by atomic mass is 35.5. The summed E-state index contributed by atoms with van der Waals surface area (Å²) in [6.07, 6.45) is 2.71. The highest BCUT2D eigenvalue weighted by Gasteiger charge is 2.31. The third-order valence-electron chi connectivity index (χ3n) is 6.53. The van der Waals surface area contributed by atoms with Gasteiger partial charge in [0, 0.05) is 43.7 Å². The van der Waals surface area contributed by atoms with Gasteiger partial charge in [0.1, 0.15) is 5.69 Å². The van der Waals surface area contributed by atoms with Crippen molar-refractivity contribution in [2.75, 3.05) is 37.7 Å². The number of carbonyl (C=O) groups is 1. The minimum absolute atomic E-state index is 0.0832. The van der Waals surface area contributed by atoms with Crippen LogP contribution in [0.3, 0.4) is 0 Å². The molecule has 5 rings (SSSR count). The fourth-order valence-electron chi connectivity index (χ4n) is 4.71. The first kappa shape index (κ1) is 22.3. The average Bonchev–Trinajstić information content (AvgIpc) is 3.41. The zero-order valence-electron chi connectivity index (χ0n) is 18.6. The number of piperidine rings is 1. The molecule has 0 spiro atoms. The fourth-order valence-corrected chi connectivity index (χ4v) is 5.59. The summed E-state index contributed by atoms with van der Waals surface area (Å²) in [6.45, 7) is 4.96. The van der Waals surface area contributed by atoms with Crippen molar-refractivity contribution in [2.24, 2.45) is 5.92 Å². The SMILES string of the molecule is O=C(C1CCN(c2ccc(-c3cccs3)nn2)CC1)N1CCCN(Cc2ccccc2Cl)C1. The van der Waals surface area contributed by atoms with Gasteiger partial charge in [0.15, 0.2) is 5.82 Å². The molecule has 1 amide bonds. The maximum absolute atomic E-state index is 13.3. The van der Waals surface area contributed by atoms with Crippen molar-refractivity contribution in [3.63, 3.8) is 0 Å². The van der Waals surface area contributed by atoms with Crippen LogP contribution in [0.1, 0.15) is 24.8 Å². The number of halogens is 1. The van der Waals surface area contributed by atoms with Gasteiger partial charge in [0.2, 0.25) is 5.91 Å². The van der Waals surface area contributed by atoms with Crippen molar-refractivity contribution in [1.29, 1.82) is 0 Å². The number of amides is 1. The molecule has 0 saturated carbocycles. The topological polar surface area (TPSA) is 52.6 Å². The molecule has 0 atom stereocenters. The summed E-state index contributed by atoms with van der Waals surface area (Å²) in [6, 6.07) is 16.1. The fraction of sp³-hybridized carbons (Fsp3) is 0.400. The number of anilines is 1. The molecule has 2 saturated heterocycles. The Hall–Kier alpha value is -2.48. The summed E-state index contributed by atoms with van der Waals surface area (Å²) in [7, 11) is 0. The van der Waals surface area contributed by atoms with E-state index >= 15 is 0 Å². The third kappa shape index (κ3) is 5.21. The van der Waals surface area contributed by atoms with E-state index < -0.39 is 0 Å². The number of carbonyl (C=O) groups excluding carboxylic acids is 1. The van der Waals surface area contributed by atoms with Crippen molar-refractivity contribution in [3.05, 3.63) is 64.5 Å². The Balaban J connectivity index is 1.14. The quantitative estimate of drug-likeness (QED) is 0.525. The van der Waals surface area contributed by atoms with E-state index in [2.05, 4.69) is 32.1 Å². The van der Waals surface area contributed by atoms with E-state index in [9.17, 15) is 4.79 Å². The van der Waals surface area contributed by atoms with Crippen LogP contribution in [-0.2, 0) is 11.3 Å². The summed E-state index contributed by atoms with van der Waals surface area (Å²) in [5.41, 5.74) is 2.03. The normalized spacial score (nSPS) is 18.0. The highest BCUT2D eigenvalue weighted by molar-refractivity contribution is 7.13. The van der Waals surface area contributed by atoms with Gasteiger partial charge in [-0.1, -0.05) is 35.9 Å². The van der Waals surface area contributed by atoms with Crippen LogP contribution in [-0.4, -0.2) is 58.8 Å². The van der Waals surface area contributed by atoms with Gasteiger partial charge in [-0.3, -0.25) is 9.69 Å². The zero-order valence-corrected chi connectivity index (χ0v) is 20.1. The van der Waals surface area contributed by atoms with Gasteiger partial charge in [-0.15, -0.1) is 21.5 Å². The van der Waals surface area contributed by atoms with Gasteiger partial charge < -0.3 is 9.80 Å². The van der Waals surface area contributed by atoms with Gasteiger partial charge in [0.25, 0.3) is 0 Å². The van der Waals surface area contributed by atoms with Crippen LogP contribution in [0.2, 0.25) is 5.02 Å². The number of benzene rings is 1. The van der Waals surface area contributed by atoms with Crippen LogP contribution in [0.4, 0.5) is 5.82 Å². The molecule has 2 aromatic heterocycles. The van der Waals surface area contributed by atoms with Crippen molar-refractivity contribution in [1.82, 2.24) is 20.0 Å². The Labute approximate surface area is 203 Å². The minimum atomic E-state index is 0.0832. The largest absolute Gasteiger partial charge is 0.355 e. The Bertz CT molecular complexity index is 1070. The molecule has 172 valence electrons. The van der Waals surface area contributed by atoms with Gasteiger partial charge in [-0.2, -0.15) is 0 Å². The number of thiophene rings is 1. The first-order chi connectivity index (χ1) is 16.2. The van der Waals surface area contributed by atoms with Crippen LogP contribution >= 0.6 is 22.9 Å². The van der Waals surface area contributed by atoms with E-state index in [0.29, 0.717) is 6.67 Å². The van der Waals surface area contributed by atoms with Crippen molar-refractivity contribution >= 4 is 34.7 Å². The van der Waals surface area contributed by atoms with Crippen LogP contribution in [0, 0.1) is 5.92 Å². The van der Waals surface area contributed by atoms with Gasteiger partial charge in [0.05, 0.1) is 11.5 Å². The maximum atomic E-state index is 13.3. The molecular formula is C25H28ClN5OS. The summed E-state index contributed by atoms with van der Waals surface area (Å²) < 4.78 is 0. The predicted molar refractivity (Wildman–Crippen MR) is 133 cm³/mol. The number of rotatable bonds is 5. The van der Waals surface area contributed by atoms with Gasteiger partial charge in [-0.25, -0.2) is 0 Å². The minimum Gasteiger partial charge on any atom is -0.355 e. The van der Waals surface area contributed by atoms with E-state index in [1.54, 1.807) is 11.3 Å². The monoisotopic (exact) mass is 481 g/mol. The number of aromatic nitrogens is 2. The van der Waals surface area contributed by atoms with Crippen molar-refractivity contribution in [3.8, 4) is 10.6 Å². The predicted octanol–water partition coefficient (Wildman–Crippen LogP) is 4.77. The lowest BCUT2D eigenvalue weighted by Gasteiger charge is -2.39. The van der Waals surface area contributed by atoms with Crippen LogP contribution < -0.4 is 4.90 Å². The van der Waals surface area contributed by atoms with E-state index in [4.69, 9.17) is 11.6 Å². The molecule has 0 unspecified atom stereocenters. The second kappa shape index (κ2) is 10.2. The van der Waals surface area contributed by atoms with E-state index in [1.807, 2.05) is 46.7 Å². The Kier molecular flexibility index (Phi) is 6.90. The summed E-state index contributed by atoms with van der Waals surface area (Å²) in [4.78, 5) is 21.0. The maximum Gasteiger partial charge on any atom is 0.226 e. The average molecular weight is 482 g/mol. The molecule has 33 heavy (non-hydrogen) atoms. The Morgan fingerprint density at radius 1 is 1.00 bits per heavy atom. The molecule has 3 aromatic rings. The first-order valence-corrected chi connectivity index (χ1v) is 12.8. The molecule has 1 aromatic carbocycles. The summed E-state index contributed by atoms with van der Waals surface area (Å²) in [5.74, 6) is 1.27. The van der Waals surface area contributed by atoms with Crippen LogP contribution in [0.5, 0.6) is 0 Å². The molecule has 6 nitrogen and oxygen atoms in total. The van der Waals surface area contributed by atoms with Crippen molar-refractivity contribution < 1.29 is 4.79 Å². The van der Waals surface area contributed by atoms with E-state index in [1.165, 1.54) is 0 Å². The Morgan fingerprint density at radius 2 is 1.85 bits per heavy atom. The standard InChI is InChI=1S/C25H28ClN5OS/c26-21-6-2-1-5-20(21)17-29-12-4-13-31(18-29)25(32)19-10-14-30(15-11-19)24-9-8-22(27-28-24)23-7-3-16-33-23/h1-3,5-9,16,19H,4,10-15,17-18H2. The molecular weight excluding hydrogens is 454 g/mol. The second-order valence-corrected chi connectivity index (χ2v) is 10.1. The molecule has 0 bridgehead atoms. The first-order valence-electron chi connectivity index (χ1n) is 11.5. The van der Waals surface area contributed by atoms with Gasteiger partial charge >= 0.3 is 0 Å². The Morgan fingerprint density at radius 3 is 2.58 bits per heavy atom. The van der Waals surface area contributed by atoms with Gasteiger partial charge in [-0.05, 0) is 54.5 Å². The summed E-state index contributed by atoms with van der Waals surface area (Å²) in [5, 5.41) is 11.7. The lowest BCUT2D eigenvalue weighted by molar-refractivity contribution is -0.140. The molecule has 0 radical (unpaired) electrons. The zero-order chi connectivity index (χ0) is 22.6. The molecule has 2 fully saturated rings. The van der Waals surface area contributed by atoms with Crippen LogP contribution in [0.15, 0.2) is 53.9 Å². The summed E-state index contributed by atoms with van der Waals surface area (Å²) >= 11 is 8.01. The molecule has 2 aliphatic rings. The lowest BCUT2D eigenvalue weighted by Crippen LogP contribution is -2.50. The van der Waals surface area contributed by atoms with E-state index in [-0.39, 0.29) is 11.8 Å². The van der Waals surface area contributed by atoms with E-state index in [0.717, 1.165) is 79.0 Å². The molecule has 0 aliphatic carbocycles. The number of hydrogen-bond acceptors (Lipinski definition) is 6. The third-order valence-corrected chi connectivity index (χ3v) is 7.79. The van der Waals surface area contributed by atoms with Crippen LogP contribution in [0.25, 0.3) is 10.6 Å². The second-order valence-electron chi connectivity index (χ2n) is 8.76. The highest BCUT2D eigenvalue weighted by Crippen LogP contribution is 2.27. The smallest absolute Gasteiger partial charge is 0.226 e. The lowest BCUT2D eigenvalue weighted by atomic mass is 9.95. The molecule has 8 heteroatoms. The molecule has 2 aliphatic heterocycles. The number of nitrogens with zero attached hydrogens (tertiary/aromatic N) is 5. The molecule has 0 N–H and O–H groups in total. The number of hydrogen-bond donors (Lipinski definition) is 0. The molecule has 4 heterocycles.